The molecule has 1 fully saturated rings. The molecule has 158 valence electrons. The summed E-state index contributed by atoms with van der Waals surface area (Å²) < 4.78 is 35.2. The summed E-state index contributed by atoms with van der Waals surface area (Å²) in [5.74, 6) is -0.292. The fraction of sp³-hybridized carbons (Fsp3) is 0.273. The number of carbonyl (C=O) groups excluding carboxylic acids is 2. The van der Waals surface area contributed by atoms with Gasteiger partial charge in [-0.3, -0.25) is 9.59 Å². The van der Waals surface area contributed by atoms with Gasteiger partial charge in [-0.1, -0.05) is 36.9 Å². The molecule has 2 aromatic rings. The predicted octanol–water partition coefficient (Wildman–Crippen LogP) is 3.45. The van der Waals surface area contributed by atoms with E-state index in [1.807, 2.05) is 0 Å². The number of hydrogen-bond donors (Lipinski definition) is 0. The molecular formula is C22H22F2N2O4. The lowest BCUT2D eigenvalue weighted by Crippen LogP contribution is -2.50. The largest absolute Gasteiger partial charge is 0.489 e. The quantitative estimate of drug-likeness (QED) is 0.649. The highest BCUT2D eigenvalue weighted by atomic mass is 19.3. The average molecular weight is 416 g/mol. The van der Waals surface area contributed by atoms with Crippen molar-refractivity contribution in [3.8, 4) is 11.5 Å². The molecule has 0 atom stereocenters. The Morgan fingerprint density at radius 1 is 0.900 bits per heavy atom. The van der Waals surface area contributed by atoms with E-state index < -0.39 is 12.5 Å². The van der Waals surface area contributed by atoms with Gasteiger partial charge in [0.05, 0.1) is 11.1 Å². The van der Waals surface area contributed by atoms with Crippen LogP contribution in [-0.2, 0) is 0 Å². The van der Waals surface area contributed by atoms with Crippen LogP contribution in [0.25, 0.3) is 0 Å². The highest BCUT2D eigenvalue weighted by molar-refractivity contribution is 5.98. The SMILES string of the molecule is C=CCOc1ccccc1C(=O)N1CCN(C(=O)c2ccccc2OC(F)F)CC1. The smallest absolute Gasteiger partial charge is 0.387 e. The lowest BCUT2D eigenvalue weighted by molar-refractivity contribution is -0.0503. The molecule has 3 rings (SSSR count). The number of nitrogens with zero attached hydrogens (tertiary/aromatic N) is 2. The molecule has 2 amide bonds. The second-order valence-corrected chi connectivity index (χ2v) is 6.55. The van der Waals surface area contributed by atoms with Gasteiger partial charge in [0.25, 0.3) is 11.8 Å². The molecular weight excluding hydrogens is 394 g/mol. The highest BCUT2D eigenvalue weighted by Gasteiger charge is 2.28. The first-order valence-corrected chi connectivity index (χ1v) is 9.46. The third kappa shape index (κ3) is 4.94. The van der Waals surface area contributed by atoms with E-state index in [4.69, 9.17) is 4.74 Å². The lowest BCUT2D eigenvalue weighted by atomic mass is 10.1. The van der Waals surface area contributed by atoms with Crippen molar-refractivity contribution in [1.82, 2.24) is 9.80 Å². The van der Waals surface area contributed by atoms with Crippen LogP contribution >= 0.6 is 0 Å². The second-order valence-electron chi connectivity index (χ2n) is 6.55. The van der Waals surface area contributed by atoms with Crippen LogP contribution in [0, 0.1) is 0 Å². The predicted molar refractivity (Wildman–Crippen MR) is 107 cm³/mol. The molecule has 6 nitrogen and oxygen atoms in total. The Balaban J connectivity index is 1.66. The zero-order chi connectivity index (χ0) is 21.5. The summed E-state index contributed by atoms with van der Waals surface area (Å²) >= 11 is 0. The lowest BCUT2D eigenvalue weighted by Gasteiger charge is -2.35. The Labute approximate surface area is 173 Å². The van der Waals surface area contributed by atoms with Crippen LogP contribution in [0.3, 0.4) is 0 Å². The number of benzene rings is 2. The molecule has 0 spiro atoms. The van der Waals surface area contributed by atoms with Crippen LogP contribution in [0.5, 0.6) is 11.5 Å². The first kappa shape index (κ1) is 21.3. The van der Waals surface area contributed by atoms with Gasteiger partial charge < -0.3 is 19.3 Å². The van der Waals surface area contributed by atoms with Crippen molar-refractivity contribution in [3.63, 3.8) is 0 Å². The summed E-state index contributed by atoms with van der Waals surface area (Å²) in [4.78, 5) is 28.9. The van der Waals surface area contributed by atoms with Crippen molar-refractivity contribution in [2.24, 2.45) is 0 Å². The highest BCUT2D eigenvalue weighted by Crippen LogP contribution is 2.24. The van der Waals surface area contributed by atoms with Gasteiger partial charge in [-0.15, -0.1) is 0 Å². The van der Waals surface area contributed by atoms with Gasteiger partial charge in [-0.2, -0.15) is 8.78 Å². The van der Waals surface area contributed by atoms with Crippen LogP contribution in [-0.4, -0.2) is 61.0 Å². The molecule has 1 aliphatic heterocycles. The van der Waals surface area contributed by atoms with Gasteiger partial charge in [0.15, 0.2) is 0 Å². The maximum absolute atomic E-state index is 12.9. The number of alkyl halides is 2. The molecule has 1 saturated heterocycles. The van der Waals surface area contributed by atoms with Gasteiger partial charge in [0.1, 0.15) is 18.1 Å². The number of ether oxygens (including phenoxy) is 2. The van der Waals surface area contributed by atoms with Crippen LogP contribution in [0.4, 0.5) is 8.78 Å². The number of halogens is 2. The van der Waals surface area contributed by atoms with Crippen molar-refractivity contribution in [2.45, 2.75) is 6.61 Å². The van der Waals surface area contributed by atoms with Gasteiger partial charge >= 0.3 is 6.61 Å². The zero-order valence-electron chi connectivity index (χ0n) is 16.3. The number of hydrogen-bond acceptors (Lipinski definition) is 4. The molecule has 0 N–H and O–H groups in total. The van der Waals surface area contributed by atoms with Gasteiger partial charge in [0.2, 0.25) is 0 Å². The van der Waals surface area contributed by atoms with E-state index in [1.54, 1.807) is 41.3 Å². The van der Waals surface area contributed by atoms with Crippen molar-refractivity contribution in [2.75, 3.05) is 32.8 Å². The molecule has 1 aliphatic rings. The number of rotatable bonds is 7. The summed E-state index contributed by atoms with van der Waals surface area (Å²) in [6, 6.07) is 12.8. The number of carbonyl (C=O) groups is 2. The minimum Gasteiger partial charge on any atom is -0.489 e. The van der Waals surface area contributed by atoms with Crippen molar-refractivity contribution >= 4 is 11.8 Å². The summed E-state index contributed by atoms with van der Waals surface area (Å²) in [7, 11) is 0. The van der Waals surface area contributed by atoms with Crippen LogP contribution in [0.2, 0.25) is 0 Å². The molecule has 0 aromatic heterocycles. The maximum Gasteiger partial charge on any atom is 0.387 e. The third-order valence-electron chi connectivity index (χ3n) is 4.66. The summed E-state index contributed by atoms with van der Waals surface area (Å²) in [5.41, 5.74) is 0.510. The van der Waals surface area contributed by atoms with Crippen LogP contribution < -0.4 is 9.47 Å². The van der Waals surface area contributed by atoms with E-state index in [-0.39, 0.29) is 36.9 Å². The van der Waals surface area contributed by atoms with E-state index in [9.17, 15) is 18.4 Å². The maximum atomic E-state index is 12.9. The van der Waals surface area contributed by atoms with E-state index in [0.29, 0.717) is 24.4 Å². The number of para-hydroxylation sites is 2. The minimum absolute atomic E-state index is 0.0701. The van der Waals surface area contributed by atoms with Crippen molar-refractivity contribution < 1.29 is 27.8 Å². The first-order chi connectivity index (χ1) is 14.5. The topological polar surface area (TPSA) is 59.1 Å². The van der Waals surface area contributed by atoms with Crippen molar-refractivity contribution in [3.05, 3.63) is 72.3 Å². The van der Waals surface area contributed by atoms with Crippen molar-refractivity contribution in [1.29, 1.82) is 0 Å². The molecule has 8 heteroatoms. The molecule has 1 heterocycles. The number of amides is 2. The van der Waals surface area contributed by atoms with Crippen LogP contribution in [0.1, 0.15) is 20.7 Å². The fourth-order valence-electron chi connectivity index (χ4n) is 3.21. The molecule has 2 aromatic carbocycles. The fourth-order valence-corrected chi connectivity index (χ4v) is 3.21. The zero-order valence-corrected chi connectivity index (χ0v) is 16.3. The number of piperazine rings is 1. The average Bonchev–Trinajstić information content (AvgIpc) is 2.77. The summed E-state index contributed by atoms with van der Waals surface area (Å²) in [5, 5.41) is 0. The Kier molecular flexibility index (Phi) is 7.00. The summed E-state index contributed by atoms with van der Waals surface area (Å²) in [6.45, 7) is 2.07. The Bertz CT molecular complexity index is 912. The van der Waals surface area contributed by atoms with E-state index >= 15 is 0 Å². The Morgan fingerprint density at radius 3 is 1.87 bits per heavy atom. The van der Waals surface area contributed by atoms with E-state index in [2.05, 4.69) is 11.3 Å². The third-order valence-corrected chi connectivity index (χ3v) is 4.66. The van der Waals surface area contributed by atoms with Gasteiger partial charge in [-0.05, 0) is 24.3 Å². The Hall–Kier alpha value is -3.42. The minimum atomic E-state index is -3.02. The van der Waals surface area contributed by atoms with E-state index in [1.165, 1.54) is 23.1 Å². The molecule has 0 aliphatic carbocycles. The molecule has 0 saturated carbocycles. The normalized spacial score (nSPS) is 13.8. The Morgan fingerprint density at radius 2 is 1.37 bits per heavy atom. The van der Waals surface area contributed by atoms with Gasteiger partial charge in [0, 0.05) is 26.2 Å². The second kappa shape index (κ2) is 9.87. The molecule has 0 radical (unpaired) electrons. The monoisotopic (exact) mass is 416 g/mol. The standard InChI is InChI=1S/C22H22F2N2O4/c1-2-15-29-18-9-5-3-7-16(18)20(27)25-11-13-26(14-12-25)21(28)17-8-4-6-10-19(17)30-22(23)24/h2-10,22H,1,11-15H2. The molecule has 0 unspecified atom stereocenters. The summed E-state index contributed by atoms with van der Waals surface area (Å²) in [6.07, 6.45) is 1.60. The first-order valence-electron chi connectivity index (χ1n) is 9.46. The van der Waals surface area contributed by atoms with E-state index in [0.717, 1.165) is 0 Å². The van der Waals surface area contributed by atoms with Crippen LogP contribution in [0.15, 0.2) is 61.2 Å². The molecule has 0 bridgehead atoms. The van der Waals surface area contributed by atoms with Gasteiger partial charge in [-0.25, -0.2) is 0 Å². The molecule has 30 heavy (non-hydrogen) atoms.